The van der Waals surface area contributed by atoms with E-state index in [0.717, 1.165) is 12.8 Å². The second kappa shape index (κ2) is 4.55. The number of benzene rings is 1. The Morgan fingerprint density at radius 1 is 1.22 bits per heavy atom. The summed E-state index contributed by atoms with van der Waals surface area (Å²) in [5.41, 5.74) is 6.21. The lowest BCUT2D eigenvalue weighted by Crippen LogP contribution is -2.43. The molecule has 1 heterocycles. The minimum absolute atomic E-state index is 0.0547. The van der Waals surface area contributed by atoms with Crippen LogP contribution in [0.4, 0.5) is 5.69 Å². The predicted molar refractivity (Wildman–Crippen MR) is 72.6 cm³/mol. The Bertz CT molecular complexity index is 520. The van der Waals surface area contributed by atoms with E-state index in [0.29, 0.717) is 23.7 Å². The third-order valence-electron chi connectivity index (χ3n) is 3.38. The second-order valence-electron chi connectivity index (χ2n) is 5.68. The first kappa shape index (κ1) is 13.4. The van der Waals surface area contributed by atoms with Crippen LogP contribution in [0.2, 0.25) is 0 Å². The molecule has 0 radical (unpaired) electrons. The zero-order valence-electron chi connectivity index (χ0n) is 10.9. The van der Waals surface area contributed by atoms with Crippen LogP contribution in [-0.2, 0) is 10.0 Å². The first-order chi connectivity index (χ1) is 8.31. The molecular weight excluding hydrogens is 248 g/mol. The van der Waals surface area contributed by atoms with E-state index in [4.69, 9.17) is 5.73 Å². The number of nitrogens with two attached hydrogens (primary N) is 1. The van der Waals surface area contributed by atoms with E-state index in [2.05, 4.69) is 13.8 Å². The zero-order chi connectivity index (χ0) is 13.4. The molecule has 0 saturated carbocycles. The van der Waals surface area contributed by atoms with Crippen LogP contribution in [0.1, 0.15) is 26.7 Å². The highest BCUT2D eigenvalue weighted by Crippen LogP contribution is 2.31. The minimum Gasteiger partial charge on any atom is -0.399 e. The molecule has 4 nitrogen and oxygen atoms in total. The van der Waals surface area contributed by atoms with Crippen LogP contribution in [0, 0.1) is 5.41 Å². The number of anilines is 1. The maximum atomic E-state index is 12.5. The standard InChI is InChI=1S/C13H20N2O2S/c1-13(2)8-3-9-15(10-13)18(16,17)12-6-4-11(14)5-7-12/h4-7H,3,8-10,14H2,1-2H3. The van der Waals surface area contributed by atoms with Gasteiger partial charge in [0.2, 0.25) is 10.0 Å². The number of nitrogen functional groups attached to an aromatic ring is 1. The molecule has 1 fully saturated rings. The van der Waals surface area contributed by atoms with Crippen molar-refractivity contribution in [1.29, 1.82) is 0 Å². The van der Waals surface area contributed by atoms with Crippen molar-refractivity contribution in [2.24, 2.45) is 5.41 Å². The van der Waals surface area contributed by atoms with Crippen molar-refractivity contribution in [1.82, 2.24) is 4.31 Å². The first-order valence-electron chi connectivity index (χ1n) is 6.17. The average molecular weight is 268 g/mol. The van der Waals surface area contributed by atoms with E-state index < -0.39 is 10.0 Å². The van der Waals surface area contributed by atoms with Crippen LogP contribution >= 0.6 is 0 Å². The number of nitrogens with zero attached hydrogens (tertiary/aromatic N) is 1. The molecule has 1 aromatic rings. The Hall–Kier alpha value is -1.07. The summed E-state index contributed by atoms with van der Waals surface area (Å²) >= 11 is 0. The number of hydrogen-bond acceptors (Lipinski definition) is 3. The Morgan fingerprint density at radius 2 is 1.83 bits per heavy atom. The Morgan fingerprint density at radius 3 is 2.39 bits per heavy atom. The quantitative estimate of drug-likeness (QED) is 0.835. The van der Waals surface area contributed by atoms with Crippen molar-refractivity contribution in [3.63, 3.8) is 0 Å². The minimum atomic E-state index is -3.37. The van der Waals surface area contributed by atoms with E-state index in [1.807, 2.05) is 0 Å². The third-order valence-corrected chi connectivity index (χ3v) is 5.24. The number of piperidine rings is 1. The third kappa shape index (κ3) is 2.67. The maximum absolute atomic E-state index is 12.5. The molecule has 18 heavy (non-hydrogen) atoms. The summed E-state index contributed by atoms with van der Waals surface area (Å²) in [5.74, 6) is 0. The summed E-state index contributed by atoms with van der Waals surface area (Å²) in [5, 5.41) is 0. The zero-order valence-corrected chi connectivity index (χ0v) is 11.7. The van der Waals surface area contributed by atoms with Crippen LogP contribution in [0.3, 0.4) is 0 Å². The van der Waals surface area contributed by atoms with Crippen LogP contribution in [-0.4, -0.2) is 25.8 Å². The van der Waals surface area contributed by atoms with Gasteiger partial charge in [-0.05, 0) is 42.5 Å². The van der Waals surface area contributed by atoms with Gasteiger partial charge in [-0.15, -0.1) is 0 Å². The lowest BCUT2D eigenvalue weighted by molar-refractivity contribution is 0.187. The molecule has 1 aliphatic heterocycles. The summed E-state index contributed by atoms with van der Waals surface area (Å²) in [7, 11) is -3.37. The van der Waals surface area contributed by atoms with Crippen molar-refractivity contribution in [2.75, 3.05) is 18.8 Å². The first-order valence-corrected chi connectivity index (χ1v) is 7.61. The van der Waals surface area contributed by atoms with Crippen molar-refractivity contribution < 1.29 is 8.42 Å². The monoisotopic (exact) mass is 268 g/mol. The van der Waals surface area contributed by atoms with Crippen molar-refractivity contribution in [3.8, 4) is 0 Å². The van der Waals surface area contributed by atoms with Gasteiger partial charge in [-0.25, -0.2) is 8.42 Å². The normalized spacial score (nSPS) is 20.8. The molecule has 0 aromatic heterocycles. The predicted octanol–water partition coefficient (Wildman–Crippen LogP) is 2.08. The van der Waals surface area contributed by atoms with Gasteiger partial charge in [0.15, 0.2) is 0 Å². The van der Waals surface area contributed by atoms with E-state index in [-0.39, 0.29) is 5.41 Å². The molecule has 1 saturated heterocycles. The van der Waals surface area contributed by atoms with Crippen LogP contribution < -0.4 is 5.73 Å². The molecule has 0 bridgehead atoms. The molecular formula is C13H20N2O2S. The highest BCUT2D eigenvalue weighted by Gasteiger charge is 2.33. The van der Waals surface area contributed by atoms with Gasteiger partial charge in [0.25, 0.3) is 0 Å². The molecule has 2 N–H and O–H groups in total. The van der Waals surface area contributed by atoms with E-state index in [1.165, 1.54) is 0 Å². The van der Waals surface area contributed by atoms with E-state index in [9.17, 15) is 8.42 Å². The summed E-state index contributed by atoms with van der Waals surface area (Å²) in [6, 6.07) is 6.41. The molecule has 0 spiro atoms. The van der Waals surface area contributed by atoms with Crippen LogP contribution in [0.15, 0.2) is 29.2 Å². The second-order valence-corrected chi connectivity index (χ2v) is 7.61. The fourth-order valence-corrected chi connectivity index (χ4v) is 4.03. The van der Waals surface area contributed by atoms with Gasteiger partial charge < -0.3 is 5.73 Å². The molecule has 1 aromatic carbocycles. The highest BCUT2D eigenvalue weighted by atomic mass is 32.2. The SMILES string of the molecule is CC1(C)CCCN(S(=O)(=O)c2ccc(N)cc2)C1. The van der Waals surface area contributed by atoms with E-state index in [1.54, 1.807) is 28.6 Å². The van der Waals surface area contributed by atoms with Gasteiger partial charge in [-0.3, -0.25) is 0 Å². The fourth-order valence-electron chi connectivity index (χ4n) is 2.36. The van der Waals surface area contributed by atoms with E-state index >= 15 is 0 Å². The van der Waals surface area contributed by atoms with Crippen molar-refractivity contribution >= 4 is 15.7 Å². The average Bonchev–Trinajstić information content (AvgIpc) is 2.28. The maximum Gasteiger partial charge on any atom is 0.243 e. The lowest BCUT2D eigenvalue weighted by Gasteiger charge is -2.37. The van der Waals surface area contributed by atoms with Gasteiger partial charge in [0.05, 0.1) is 4.90 Å². The van der Waals surface area contributed by atoms with Crippen molar-refractivity contribution in [2.45, 2.75) is 31.6 Å². The molecule has 100 valence electrons. The Balaban J connectivity index is 2.28. The molecule has 0 aliphatic carbocycles. The van der Waals surface area contributed by atoms with Crippen molar-refractivity contribution in [3.05, 3.63) is 24.3 Å². The highest BCUT2D eigenvalue weighted by molar-refractivity contribution is 7.89. The van der Waals surface area contributed by atoms with Gasteiger partial charge in [-0.2, -0.15) is 4.31 Å². The van der Waals surface area contributed by atoms with Gasteiger partial charge in [-0.1, -0.05) is 13.8 Å². The smallest absolute Gasteiger partial charge is 0.243 e. The Labute approximate surface area is 109 Å². The molecule has 2 rings (SSSR count). The fraction of sp³-hybridized carbons (Fsp3) is 0.538. The number of sulfonamides is 1. The number of hydrogen-bond donors (Lipinski definition) is 1. The van der Waals surface area contributed by atoms with Crippen LogP contribution in [0.5, 0.6) is 0 Å². The largest absolute Gasteiger partial charge is 0.399 e. The molecule has 0 atom stereocenters. The van der Waals surface area contributed by atoms with Gasteiger partial charge in [0.1, 0.15) is 0 Å². The molecule has 1 aliphatic rings. The summed E-state index contributed by atoms with van der Waals surface area (Å²) in [6.45, 7) is 5.41. The molecule has 0 unspecified atom stereocenters. The van der Waals surface area contributed by atoms with Gasteiger partial charge in [0, 0.05) is 18.8 Å². The molecule has 5 heteroatoms. The summed E-state index contributed by atoms with van der Waals surface area (Å²) < 4.78 is 26.5. The Kier molecular flexibility index (Phi) is 3.38. The topological polar surface area (TPSA) is 63.4 Å². The number of rotatable bonds is 2. The lowest BCUT2D eigenvalue weighted by atomic mass is 9.85. The van der Waals surface area contributed by atoms with Gasteiger partial charge >= 0.3 is 0 Å². The summed E-state index contributed by atoms with van der Waals surface area (Å²) in [6.07, 6.45) is 1.99. The molecule has 0 amide bonds. The van der Waals surface area contributed by atoms with Crippen LogP contribution in [0.25, 0.3) is 0 Å². The summed E-state index contributed by atoms with van der Waals surface area (Å²) in [4.78, 5) is 0.328.